The number of rotatable bonds is 5. The smallest absolute Gasteiger partial charge is 0.322 e. The number of carbonyl (C=O) groups is 1. The second kappa shape index (κ2) is 6.90. The number of nitrogens with two attached hydrogens (primary N) is 1. The summed E-state index contributed by atoms with van der Waals surface area (Å²) in [5.41, 5.74) is 6.92. The van der Waals surface area contributed by atoms with Crippen molar-refractivity contribution in [2.45, 2.75) is 13.3 Å². The van der Waals surface area contributed by atoms with Crippen molar-refractivity contribution in [1.82, 2.24) is 4.90 Å². The Balaban J connectivity index is 2.63. The molecule has 6 heteroatoms. The number of halogens is 2. The lowest BCUT2D eigenvalue weighted by molar-refractivity contribution is 0.103. The van der Waals surface area contributed by atoms with Crippen LogP contribution >= 0.6 is 0 Å². The minimum Gasteiger partial charge on any atom is -0.329 e. The van der Waals surface area contributed by atoms with E-state index in [1.54, 1.807) is 12.1 Å². The Morgan fingerprint density at radius 1 is 1.39 bits per heavy atom. The quantitative estimate of drug-likeness (QED) is 0.848. The molecule has 0 aliphatic heterocycles. The molecular formula is C12H17F2N3O. The fourth-order valence-corrected chi connectivity index (χ4v) is 1.44. The van der Waals surface area contributed by atoms with Crippen molar-refractivity contribution in [2.24, 2.45) is 5.73 Å². The lowest BCUT2D eigenvalue weighted by Crippen LogP contribution is -2.41. The van der Waals surface area contributed by atoms with Crippen LogP contribution in [0, 0.1) is 6.92 Å². The Bertz CT molecular complexity index is 381. The minimum absolute atomic E-state index is 0.0992. The molecule has 0 atom stereocenters. The second-order valence-corrected chi connectivity index (χ2v) is 3.92. The van der Waals surface area contributed by atoms with E-state index in [2.05, 4.69) is 5.32 Å². The van der Waals surface area contributed by atoms with Gasteiger partial charge in [0.2, 0.25) is 0 Å². The standard InChI is InChI=1S/C12H17F2N3O/c1-9-2-4-10(5-3-9)16-12(18)17(7-6-15)8-11(13)14/h2-5,11H,6-8,15H2,1H3,(H,16,18). The summed E-state index contributed by atoms with van der Waals surface area (Å²) in [6.07, 6.45) is -2.57. The van der Waals surface area contributed by atoms with E-state index in [1.165, 1.54) is 0 Å². The minimum atomic E-state index is -2.57. The molecule has 0 unspecified atom stereocenters. The largest absolute Gasteiger partial charge is 0.329 e. The van der Waals surface area contributed by atoms with Crippen LogP contribution in [0.25, 0.3) is 0 Å². The molecule has 18 heavy (non-hydrogen) atoms. The maximum atomic E-state index is 12.3. The molecule has 0 bridgehead atoms. The molecule has 2 amide bonds. The Hall–Kier alpha value is -1.69. The first-order valence-electron chi connectivity index (χ1n) is 5.63. The van der Waals surface area contributed by atoms with Crippen LogP contribution in [0.15, 0.2) is 24.3 Å². The molecule has 0 radical (unpaired) electrons. The molecule has 0 aliphatic rings. The number of hydrogen-bond donors (Lipinski definition) is 2. The highest BCUT2D eigenvalue weighted by molar-refractivity contribution is 5.89. The van der Waals surface area contributed by atoms with Crippen molar-refractivity contribution in [3.63, 3.8) is 0 Å². The number of carbonyl (C=O) groups excluding carboxylic acids is 1. The first-order valence-corrected chi connectivity index (χ1v) is 5.63. The van der Waals surface area contributed by atoms with Gasteiger partial charge in [-0.1, -0.05) is 17.7 Å². The Morgan fingerprint density at radius 2 is 2.00 bits per heavy atom. The van der Waals surface area contributed by atoms with Gasteiger partial charge in [-0.25, -0.2) is 13.6 Å². The molecule has 0 spiro atoms. The molecule has 1 aromatic rings. The third kappa shape index (κ3) is 4.67. The van der Waals surface area contributed by atoms with E-state index < -0.39 is 19.0 Å². The second-order valence-electron chi connectivity index (χ2n) is 3.92. The molecule has 100 valence electrons. The third-order valence-electron chi connectivity index (χ3n) is 2.35. The van der Waals surface area contributed by atoms with Crippen LogP contribution in [0.5, 0.6) is 0 Å². The summed E-state index contributed by atoms with van der Waals surface area (Å²) in [5, 5.41) is 2.56. The number of nitrogens with zero attached hydrogens (tertiary/aromatic N) is 1. The zero-order valence-electron chi connectivity index (χ0n) is 10.2. The van der Waals surface area contributed by atoms with Gasteiger partial charge in [0.15, 0.2) is 0 Å². The predicted octanol–water partition coefficient (Wildman–Crippen LogP) is 2.05. The first-order chi connectivity index (χ1) is 8.52. The molecular weight excluding hydrogens is 240 g/mol. The zero-order valence-corrected chi connectivity index (χ0v) is 10.2. The lowest BCUT2D eigenvalue weighted by Gasteiger charge is -2.22. The van der Waals surface area contributed by atoms with E-state index in [-0.39, 0.29) is 13.1 Å². The molecule has 3 N–H and O–H groups in total. The summed E-state index contributed by atoms with van der Waals surface area (Å²) in [6, 6.07) is 6.53. The number of nitrogens with one attached hydrogen (secondary N) is 1. The van der Waals surface area contributed by atoms with Crippen LogP contribution in [0.1, 0.15) is 5.56 Å². The fourth-order valence-electron chi connectivity index (χ4n) is 1.44. The molecule has 1 rings (SSSR count). The Kier molecular flexibility index (Phi) is 5.51. The average Bonchev–Trinajstić information content (AvgIpc) is 2.31. The summed E-state index contributed by atoms with van der Waals surface area (Å²) >= 11 is 0. The first kappa shape index (κ1) is 14.4. The van der Waals surface area contributed by atoms with Gasteiger partial charge in [-0.2, -0.15) is 0 Å². The Labute approximate surface area is 105 Å². The molecule has 4 nitrogen and oxygen atoms in total. The van der Waals surface area contributed by atoms with E-state index in [1.807, 2.05) is 19.1 Å². The summed E-state index contributed by atoms with van der Waals surface area (Å²) in [6.45, 7) is 1.55. The van der Waals surface area contributed by atoms with Gasteiger partial charge < -0.3 is 16.0 Å². The summed E-state index contributed by atoms with van der Waals surface area (Å²) in [4.78, 5) is 12.8. The Morgan fingerprint density at radius 3 is 2.50 bits per heavy atom. The zero-order chi connectivity index (χ0) is 13.5. The third-order valence-corrected chi connectivity index (χ3v) is 2.35. The van der Waals surface area contributed by atoms with Crippen molar-refractivity contribution < 1.29 is 13.6 Å². The molecule has 0 fully saturated rings. The van der Waals surface area contributed by atoms with Crippen molar-refractivity contribution in [3.8, 4) is 0 Å². The van der Waals surface area contributed by atoms with Crippen molar-refractivity contribution in [3.05, 3.63) is 29.8 Å². The van der Waals surface area contributed by atoms with Crippen LogP contribution < -0.4 is 11.1 Å². The normalized spacial score (nSPS) is 10.5. The SMILES string of the molecule is Cc1ccc(NC(=O)N(CCN)CC(F)F)cc1. The predicted molar refractivity (Wildman–Crippen MR) is 66.8 cm³/mol. The summed E-state index contributed by atoms with van der Waals surface area (Å²) in [5.74, 6) is 0. The van der Waals surface area contributed by atoms with Gasteiger partial charge >= 0.3 is 6.03 Å². The van der Waals surface area contributed by atoms with Crippen LogP contribution in [0.3, 0.4) is 0 Å². The van der Waals surface area contributed by atoms with Gasteiger partial charge in [0, 0.05) is 18.8 Å². The van der Waals surface area contributed by atoms with Crippen molar-refractivity contribution in [1.29, 1.82) is 0 Å². The van der Waals surface area contributed by atoms with E-state index in [4.69, 9.17) is 5.73 Å². The monoisotopic (exact) mass is 257 g/mol. The van der Waals surface area contributed by atoms with E-state index in [0.29, 0.717) is 5.69 Å². The average molecular weight is 257 g/mol. The van der Waals surface area contributed by atoms with Gasteiger partial charge in [-0.15, -0.1) is 0 Å². The van der Waals surface area contributed by atoms with Crippen molar-refractivity contribution >= 4 is 11.7 Å². The number of amides is 2. The fraction of sp³-hybridized carbons (Fsp3) is 0.417. The van der Waals surface area contributed by atoms with E-state index in [9.17, 15) is 13.6 Å². The van der Waals surface area contributed by atoms with E-state index >= 15 is 0 Å². The molecule has 0 saturated carbocycles. The molecule has 0 saturated heterocycles. The van der Waals surface area contributed by atoms with Gasteiger partial charge in [-0.3, -0.25) is 0 Å². The van der Waals surface area contributed by atoms with Crippen LogP contribution in [-0.2, 0) is 0 Å². The lowest BCUT2D eigenvalue weighted by atomic mass is 10.2. The highest BCUT2D eigenvalue weighted by Gasteiger charge is 2.17. The highest BCUT2D eigenvalue weighted by Crippen LogP contribution is 2.10. The van der Waals surface area contributed by atoms with E-state index in [0.717, 1.165) is 10.5 Å². The number of aryl methyl sites for hydroxylation is 1. The summed E-state index contributed by atoms with van der Waals surface area (Å²) < 4.78 is 24.6. The molecule has 1 aromatic carbocycles. The number of benzene rings is 1. The van der Waals surface area contributed by atoms with Crippen LogP contribution in [0.4, 0.5) is 19.3 Å². The number of anilines is 1. The number of hydrogen-bond acceptors (Lipinski definition) is 2. The van der Waals surface area contributed by atoms with Crippen LogP contribution in [0.2, 0.25) is 0 Å². The van der Waals surface area contributed by atoms with Crippen molar-refractivity contribution in [2.75, 3.05) is 25.0 Å². The highest BCUT2D eigenvalue weighted by atomic mass is 19.3. The maximum Gasteiger partial charge on any atom is 0.322 e. The van der Waals surface area contributed by atoms with Crippen LogP contribution in [-0.4, -0.2) is 37.0 Å². The number of urea groups is 1. The maximum absolute atomic E-state index is 12.3. The topological polar surface area (TPSA) is 58.4 Å². The van der Waals surface area contributed by atoms with Gasteiger partial charge in [0.05, 0.1) is 6.54 Å². The molecule has 0 heterocycles. The van der Waals surface area contributed by atoms with Gasteiger partial charge in [0.1, 0.15) is 0 Å². The van der Waals surface area contributed by atoms with Gasteiger partial charge in [-0.05, 0) is 19.1 Å². The molecule has 0 aromatic heterocycles. The number of alkyl halides is 2. The van der Waals surface area contributed by atoms with Gasteiger partial charge in [0.25, 0.3) is 6.43 Å². The molecule has 0 aliphatic carbocycles. The summed E-state index contributed by atoms with van der Waals surface area (Å²) in [7, 11) is 0.